The van der Waals surface area contributed by atoms with Crippen LogP contribution in [0, 0.1) is 0 Å². The van der Waals surface area contributed by atoms with Crippen LogP contribution in [0.3, 0.4) is 0 Å². The Labute approximate surface area is 291 Å². The molecule has 7 rings (SSSR count). The number of imidazole rings is 1. The molecule has 0 aliphatic heterocycles. The van der Waals surface area contributed by atoms with Crippen LogP contribution in [-0.4, -0.2) is 48.6 Å². The fraction of sp³-hybridized carbons (Fsp3) is 0.0571. The maximum absolute atomic E-state index is 11.2. The number of rotatable bonds is 7. The molecule has 0 spiro atoms. The summed E-state index contributed by atoms with van der Waals surface area (Å²) in [5.74, 6) is 0.824. The van der Waals surface area contributed by atoms with E-state index in [1.54, 1.807) is 0 Å². The summed E-state index contributed by atoms with van der Waals surface area (Å²) < 4.78 is 65.7. The first-order valence-electron chi connectivity index (χ1n) is 14.7. The van der Waals surface area contributed by atoms with Gasteiger partial charge in [0.25, 0.3) is 0 Å². The quantitative estimate of drug-likeness (QED) is 0.119. The molecule has 3 heterocycles. The van der Waals surface area contributed by atoms with Gasteiger partial charge in [-0.25, -0.2) is 14.3 Å². The zero-order chi connectivity index (χ0) is 34.0. The van der Waals surface area contributed by atoms with Gasteiger partial charge in [0.1, 0.15) is 0 Å². The van der Waals surface area contributed by atoms with E-state index in [2.05, 4.69) is 94.3 Å². The number of aryl methyl sites for hydroxylation is 1. The summed E-state index contributed by atoms with van der Waals surface area (Å²) >= 11 is -11.2. The summed E-state index contributed by atoms with van der Waals surface area (Å²) in [6.07, 6.45) is 3.33. The van der Waals surface area contributed by atoms with Crippen molar-refractivity contribution >= 4 is 19.5 Å². The molecule has 0 unspecified atom stereocenters. The zero-order valence-electron chi connectivity index (χ0n) is 25.6. The molecule has 0 bridgehead atoms. The van der Waals surface area contributed by atoms with E-state index in [1.165, 1.54) is 0 Å². The fourth-order valence-electron chi connectivity index (χ4n) is 5.26. The van der Waals surface area contributed by atoms with Gasteiger partial charge in [0.15, 0.2) is 5.82 Å². The van der Waals surface area contributed by atoms with Crippen molar-refractivity contribution in [1.29, 1.82) is 0 Å². The van der Waals surface area contributed by atoms with E-state index in [9.17, 15) is 16.9 Å². The predicted molar refractivity (Wildman–Crippen MR) is 175 cm³/mol. The number of hydrogen-bond acceptors (Lipinski definition) is 3. The van der Waals surface area contributed by atoms with Crippen LogP contribution in [0.2, 0.25) is 0 Å². The third-order valence-corrected chi connectivity index (χ3v) is 7.30. The Kier molecular flexibility index (Phi) is 9.76. The van der Waals surface area contributed by atoms with Crippen LogP contribution < -0.4 is 0 Å². The van der Waals surface area contributed by atoms with Crippen molar-refractivity contribution in [1.82, 2.24) is 29.1 Å². The van der Waals surface area contributed by atoms with E-state index in [1.807, 2.05) is 72.5 Å². The van der Waals surface area contributed by atoms with Crippen LogP contribution in [-0.2, 0) is 24.1 Å². The molecule has 0 aliphatic carbocycles. The van der Waals surface area contributed by atoms with Crippen molar-refractivity contribution in [3.63, 3.8) is 0 Å². The number of halogens is 6. The predicted octanol–water partition coefficient (Wildman–Crippen LogP) is 9.71. The Morgan fingerprint density at radius 1 is 0.531 bits per heavy atom. The summed E-state index contributed by atoms with van der Waals surface area (Å²) in [6, 6.07) is 45.7. The minimum absolute atomic E-state index is 0. The van der Waals surface area contributed by atoms with Crippen molar-refractivity contribution in [2.24, 2.45) is 7.05 Å². The van der Waals surface area contributed by atoms with Crippen LogP contribution in [0.25, 0.3) is 45.0 Å². The van der Waals surface area contributed by atoms with Crippen LogP contribution >= 0.6 is 0 Å². The van der Waals surface area contributed by atoms with Crippen molar-refractivity contribution in [3.8, 4) is 45.0 Å². The minimum atomic E-state index is -11.2. The topological polar surface area (TPSA) is 53.5 Å². The van der Waals surface area contributed by atoms with E-state index in [0.717, 1.165) is 50.9 Å². The van der Waals surface area contributed by atoms with E-state index in [-0.39, 0.29) is 17.1 Å². The normalized spacial score (nSPS) is 12.7. The molecule has 6 nitrogen and oxygen atoms in total. The molecule has 0 saturated carbocycles. The van der Waals surface area contributed by atoms with Gasteiger partial charge in [-0.05, 0) is 23.3 Å². The van der Waals surface area contributed by atoms with Gasteiger partial charge in [0, 0.05) is 30.6 Å². The molecule has 0 fully saturated rings. The Morgan fingerprint density at radius 2 is 0.857 bits per heavy atom. The van der Waals surface area contributed by atoms with Crippen molar-refractivity contribution in [3.05, 3.63) is 152 Å². The second kappa shape index (κ2) is 13.4. The maximum atomic E-state index is 9.93. The fourth-order valence-corrected chi connectivity index (χ4v) is 5.26. The molecular weight excluding hydrogens is 804 g/mol. The Balaban J connectivity index is 0.000000532. The van der Waals surface area contributed by atoms with Crippen molar-refractivity contribution < 1.29 is 33.9 Å². The molecule has 4 aromatic carbocycles. The summed E-state index contributed by atoms with van der Waals surface area (Å²) in [7, 11) is 2.02. The third kappa shape index (κ3) is 9.32. The average molecular weight is 832 g/mol. The molecule has 0 atom stereocenters. The first kappa shape index (κ1) is 35.7. The van der Waals surface area contributed by atoms with Gasteiger partial charge in [-0.1, -0.05) is 121 Å². The zero-order valence-corrected chi connectivity index (χ0v) is 29.1. The number of aromatic nitrogens is 6. The van der Waals surface area contributed by atoms with Gasteiger partial charge >= 0.3 is 53.4 Å². The average Bonchev–Trinajstić information content (AvgIpc) is 3.81. The molecule has 0 radical (unpaired) electrons. The number of benzene rings is 4. The molecule has 256 valence electrons. The van der Waals surface area contributed by atoms with Crippen molar-refractivity contribution in [2.75, 3.05) is 0 Å². The summed E-state index contributed by atoms with van der Waals surface area (Å²) in [4.78, 5) is 4.84. The summed E-state index contributed by atoms with van der Waals surface area (Å²) in [6.45, 7) is 0. The third-order valence-electron chi connectivity index (χ3n) is 7.30. The first-order valence-corrected chi connectivity index (χ1v) is 20.4. The van der Waals surface area contributed by atoms with E-state index >= 15 is 0 Å². The molecule has 0 N–H and O–H groups in total. The van der Waals surface area contributed by atoms with E-state index < -0.39 is 25.6 Å². The van der Waals surface area contributed by atoms with Crippen LogP contribution in [0.1, 0.15) is 12.0 Å². The molecule has 0 amide bonds. The van der Waals surface area contributed by atoms with E-state index in [0.29, 0.717) is 0 Å². The van der Waals surface area contributed by atoms with Crippen LogP contribution in [0.4, 0.5) is 16.9 Å². The molecule has 3 aromatic heterocycles. The van der Waals surface area contributed by atoms with Gasteiger partial charge < -0.3 is 4.57 Å². The van der Waals surface area contributed by atoms with Crippen LogP contribution in [0.5, 0.6) is 0 Å². The molecule has 49 heavy (non-hydrogen) atoms. The number of nitrogens with zero attached hydrogens (tertiary/aromatic N) is 6. The van der Waals surface area contributed by atoms with Gasteiger partial charge in [0.2, 0.25) is 6.17 Å². The van der Waals surface area contributed by atoms with Gasteiger partial charge in [0.05, 0.1) is 22.8 Å². The Hall–Kier alpha value is -4.57. The number of hydrogen-bond donors (Lipinski definition) is 0. The molecule has 14 heteroatoms. The molecule has 0 aliphatic rings. The first-order chi connectivity index (χ1) is 22.7. The SMILES string of the molecule is Cn1ccnc1C(n1nc(-c2ccccc2)cc1-c1ccccc1)n1nc(-c2ccccc2)cc1-c1ccccc1.[Cu+].[F][Sb-]([F])([F])([F])([F])[F]. The van der Waals surface area contributed by atoms with Gasteiger partial charge in [-0.15, -0.1) is 0 Å². The Morgan fingerprint density at radius 3 is 1.16 bits per heavy atom. The van der Waals surface area contributed by atoms with E-state index in [4.69, 9.17) is 15.2 Å². The summed E-state index contributed by atoms with van der Waals surface area (Å²) in [5, 5.41) is 10.5. The second-order valence-corrected chi connectivity index (χ2v) is 16.4. The standard InChI is InChI=1S/C35H28N6.Cu.6FH.Sb/c1-39-23-22-36-34(39)35(40-32(28-18-10-4-11-19-28)24-30(37-40)26-14-6-2-7-15-26)41-33(29-20-12-5-13-21-29)25-31(38-41)27-16-8-3-9-17-27;;;;;;;;/h2-25,35H,1H3;;6*1H;/q;+1;;;;;;;+5/p-6. The Bertz CT molecular complexity index is 2000. The summed E-state index contributed by atoms with van der Waals surface area (Å²) in [5.41, 5.74) is 7.98. The van der Waals surface area contributed by atoms with Crippen LogP contribution in [0.15, 0.2) is 146 Å². The monoisotopic (exact) mass is 830 g/mol. The van der Waals surface area contributed by atoms with Gasteiger partial charge in [-0.3, -0.25) is 0 Å². The second-order valence-electron chi connectivity index (χ2n) is 10.9. The van der Waals surface area contributed by atoms with Gasteiger partial charge in [-0.2, -0.15) is 10.2 Å². The molecule has 7 aromatic rings. The molecular formula is C35H28CuF6N6Sb. The van der Waals surface area contributed by atoms with Crippen molar-refractivity contribution in [2.45, 2.75) is 6.17 Å². The molecule has 0 saturated heterocycles.